The van der Waals surface area contributed by atoms with E-state index in [1.807, 2.05) is 22.6 Å². The van der Waals surface area contributed by atoms with E-state index in [1.54, 1.807) is 13.8 Å². The maximum Gasteiger partial charge on any atom is 0.319 e. The van der Waals surface area contributed by atoms with Crippen molar-refractivity contribution < 1.29 is 17.9 Å². The molecule has 0 aromatic rings. The van der Waals surface area contributed by atoms with Crippen LogP contribution in [0.5, 0.6) is 0 Å². The summed E-state index contributed by atoms with van der Waals surface area (Å²) in [7, 11) is -2.22. The summed E-state index contributed by atoms with van der Waals surface area (Å²) in [6.45, 7) is 4.34. The maximum absolute atomic E-state index is 11.7. The first-order valence-corrected chi connectivity index (χ1v) is 7.54. The molecule has 1 N–H and O–H groups in total. The Bertz CT molecular complexity index is 316. The predicted molar refractivity (Wildman–Crippen MR) is 69.7 cm³/mol. The van der Waals surface area contributed by atoms with Crippen molar-refractivity contribution in [3.8, 4) is 0 Å². The SMILES string of the molecule is CCN(CC)S(=O)(=O)NCC(I)C(=O)OC. The first-order chi connectivity index (χ1) is 7.38. The van der Waals surface area contributed by atoms with Crippen LogP contribution in [0.15, 0.2) is 0 Å². The molecule has 96 valence electrons. The highest BCUT2D eigenvalue weighted by Crippen LogP contribution is 2.03. The Kier molecular flexibility index (Phi) is 7.44. The fourth-order valence-electron chi connectivity index (χ4n) is 1.04. The van der Waals surface area contributed by atoms with Gasteiger partial charge in [0.25, 0.3) is 10.2 Å². The van der Waals surface area contributed by atoms with E-state index in [4.69, 9.17) is 0 Å². The number of alkyl halides is 1. The monoisotopic (exact) mass is 364 g/mol. The Balaban J connectivity index is 4.34. The van der Waals surface area contributed by atoms with Crippen LogP contribution in [0.2, 0.25) is 0 Å². The molecule has 0 radical (unpaired) electrons. The third-order valence-corrected chi connectivity index (χ3v) is 4.62. The molecule has 8 heteroatoms. The first kappa shape index (κ1) is 16.1. The van der Waals surface area contributed by atoms with Crippen LogP contribution in [0.25, 0.3) is 0 Å². The number of hydrogen-bond acceptors (Lipinski definition) is 4. The van der Waals surface area contributed by atoms with Crippen molar-refractivity contribution >= 4 is 38.8 Å². The molecule has 0 heterocycles. The number of halogens is 1. The van der Waals surface area contributed by atoms with Crippen molar-refractivity contribution in [3.05, 3.63) is 0 Å². The standard InChI is InChI=1S/C8H17IN2O4S/c1-4-11(5-2)16(13,14)10-6-7(9)8(12)15-3/h7,10H,4-6H2,1-3H3. The van der Waals surface area contributed by atoms with Gasteiger partial charge in [0.1, 0.15) is 3.92 Å². The molecule has 0 fully saturated rings. The highest BCUT2D eigenvalue weighted by atomic mass is 127. The van der Waals surface area contributed by atoms with Crippen LogP contribution >= 0.6 is 22.6 Å². The van der Waals surface area contributed by atoms with Gasteiger partial charge in [-0.2, -0.15) is 12.7 Å². The third-order valence-electron chi connectivity index (χ3n) is 1.95. The van der Waals surface area contributed by atoms with Gasteiger partial charge >= 0.3 is 5.97 Å². The number of ether oxygens (including phenoxy) is 1. The summed E-state index contributed by atoms with van der Waals surface area (Å²) < 4.78 is 31.0. The van der Waals surface area contributed by atoms with E-state index in [0.29, 0.717) is 13.1 Å². The largest absolute Gasteiger partial charge is 0.468 e. The zero-order valence-corrected chi connectivity index (χ0v) is 12.5. The summed E-state index contributed by atoms with van der Waals surface area (Å²) >= 11 is 1.84. The molecule has 1 unspecified atom stereocenters. The van der Waals surface area contributed by atoms with Crippen molar-refractivity contribution in [1.29, 1.82) is 0 Å². The highest BCUT2D eigenvalue weighted by Gasteiger charge is 2.22. The second-order valence-electron chi connectivity index (χ2n) is 2.93. The number of carbonyl (C=O) groups is 1. The van der Waals surface area contributed by atoms with Gasteiger partial charge in [0.15, 0.2) is 0 Å². The molecular weight excluding hydrogens is 347 g/mol. The molecule has 0 bridgehead atoms. The lowest BCUT2D eigenvalue weighted by Crippen LogP contribution is -2.43. The highest BCUT2D eigenvalue weighted by molar-refractivity contribution is 14.1. The van der Waals surface area contributed by atoms with Crippen LogP contribution in [0, 0.1) is 0 Å². The van der Waals surface area contributed by atoms with Crippen LogP contribution < -0.4 is 4.72 Å². The van der Waals surface area contributed by atoms with Crippen LogP contribution in [0.1, 0.15) is 13.8 Å². The number of nitrogens with zero attached hydrogens (tertiary/aromatic N) is 1. The minimum Gasteiger partial charge on any atom is -0.468 e. The molecule has 0 aliphatic heterocycles. The zero-order valence-electron chi connectivity index (χ0n) is 9.57. The van der Waals surface area contributed by atoms with Gasteiger partial charge in [-0.1, -0.05) is 36.4 Å². The molecule has 0 saturated heterocycles. The van der Waals surface area contributed by atoms with Gasteiger partial charge in [-0.15, -0.1) is 0 Å². The van der Waals surface area contributed by atoms with E-state index >= 15 is 0 Å². The van der Waals surface area contributed by atoms with Crippen molar-refractivity contribution in [2.75, 3.05) is 26.7 Å². The van der Waals surface area contributed by atoms with Crippen LogP contribution in [0.3, 0.4) is 0 Å². The molecule has 6 nitrogen and oxygen atoms in total. The smallest absolute Gasteiger partial charge is 0.319 e. The Morgan fingerprint density at radius 1 is 1.44 bits per heavy atom. The first-order valence-electron chi connectivity index (χ1n) is 4.85. The van der Waals surface area contributed by atoms with Crippen LogP contribution in [-0.4, -0.2) is 49.4 Å². The van der Waals surface area contributed by atoms with E-state index in [2.05, 4.69) is 9.46 Å². The normalized spacial score (nSPS) is 13.8. The molecule has 1 atom stereocenters. The van der Waals surface area contributed by atoms with Gasteiger partial charge in [0.2, 0.25) is 0 Å². The minimum absolute atomic E-state index is 0.0338. The Hall–Kier alpha value is 0.0700. The third kappa shape index (κ3) is 4.93. The lowest BCUT2D eigenvalue weighted by Gasteiger charge is -2.19. The van der Waals surface area contributed by atoms with Crippen molar-refractivity contribution in [1.82, 2.24) is 9.03 Å². The average molecular weight is 364 g/mol. The lowest BCUT2D eigenvalue weighted by molar-refractivity contribution is -0.139. The van der Waals surface area contributed by atoms with Gasteiger partial charge in [0.05, 0.1) is 7.11 Å². The fraction of sp³-hybridized carbons (Fsp3) is 0.875. The second-order valence-corrected chi connectivity index (χ2v) is 6.19. The van der Waals surface area contributed by atoms with Crippen molar-refractivity contribution in [2.45, 2.75) is 17.8 Å². The second kappa shape index (κ2) is 7.41. The number of esters is 1. The number of hydrogen-bond donors (Lipinski definition) is 1. The van der Waals surface area contributed by atoms with Gasteiger partial charge in [-0.3, -0.25) is 4.79 Å². The fourth-order valence-corrected chi connectivity index (χ4v) is 3.06. The molecule has 0 rings (SSSR count). The molecule has 0 aliphatic rings. The number of rotatable bonds is 7. The summed E-state index contributed by atoms with van der Waals surface area (Å²) in [5.41, 5.74) is 0. The number of carbonyl (C=O) groups excluding carboxylic acids is 1. The Morgan fingerprint density at radius 3 is 2.31 bits per heavy atom. The van der Waals surface area contributed by atoms with E-state index in [9.17, 15) is 13.2 Å². The number of nitrogens with one attached hydrogen (secondary N) is 1. The maximum atomic E-state index is 11.7. The molecule has 0 saturated carbocycles. The summed E-state index contributed by atoms with van der Waals surface area (Å²) in [4.78, 5) is 11.1. The Morgan fingerprint density at radius 2 is 1.94 bits per heavy atom. The lowest BCUT2D eigenvalue weighted by atomic mass is 10.4. The molecule has 0 aliphatic carbocycles. The summed E-state index contributed by atoms with van der Waals surface area (Å²) in [5.74, 6) is -0.442. The topological polar surface area (TPSA) is 75.7 Å². The average Bonchev–Trinajstić information content (AvgIpc) is 2.26. The number of methoxy groups -OCH3 is 1. The van der Waals surface area contributed by atoms with Gasteiger partial charge < -0.3 is 4.74 Å². The van der Waals surface area contributed by atoms with Crippen molar-refractivity contribution in [2.24, 2.45) is 0 Å². The quantitative estimate of drug-likeness (QED) is 0.396. The molecule has 16 heavy (non-hydrogen) atoms. The van der Waals surface area contributed by atoms with Crippen LogP contribution in [0.4, 0.5) is 0 Å². The van der Waals surface area contributed by atoms with E-state index in [1.165, 1.54) is 11.4 Å². The van der Waals surface area contributed by atoms with Gasteiger partial charge in [-0.25, -0.2) is 4.72 Å². The summed E-state index contributed by atoms with van der Waals surface area (Å²) in [6.07, 6.45) is 0. The molecule has 0 aromatic carbocycles. The van der Waals surface area contributed by atoms with Crippen LogP contribution in [-0.2, 0) is 19.7 Å². The van der Waals surface area contributed by atoms with Crippen molar-refractivity contribution in [3.63, 3.8) is 0 Å². The zero-order chi connectivity index (χ0) is 12.8. The molecule has 0 spiro atoms. The molecule has 0 amide bonds. The molecule has 0 aromatic heterocycles. The van der Waals surface area contributed by atoms with E-state index in [-0.39, 0.29) is 6.54 Å². The van der Waals surface area contributed by atoms with E-state index in [0.717, 1.165) is 0 Å². The van der Waals surface area contributed by atoms with Gasteiger partial charge in [-0.05, 0) is 0 Å². The van der Waals surface area contributed by atoms with E-state index < -0.39 is 20.1 Å². The Labute approximate surface area is 110 Å². The molecular formula is C8H17IN2O4S. The van der Waals surface area contributed by atoms with Gasteiger partial charge in [0, 0.05) is 19.6 Å². The summed E-state index contributed by atoms with van der Waals surface area (Å²) in [6, 6.07) is 0. The summed E-state index contributed by atoms with van der Waals surface area (Å²) in [5, 5.41) is 0. The minimum atomic E-state index is -3.49. The predicted octanol–water partition coefficient (Wildman–Crippen LogP) is 0.139.